The van der Waals surface area contributed by atoms with Crippen LogP contribution in [0.5, 0.6) is 11.5 Å². The zero-order valence-corrected chi connectivity index (χ0v) is 10.1. The highest BCUT2D eigenvalue weighted by Crippen LogP contribution is 2.25. The number of ether oxygens (including phenoxy) is 2. The summed E-state index contributed by atoms with van der Waals surface area (Å²) < 4.78 is 10.6. The lowest BCUT2D eigenvalue weighted by atomic mass is 10.1. The summed E-state index contributed by atoms with van der Waals surface area (Å²) in [6.45, 7) is 2.65. The molecule has 0 unspecified atom stereocenters. The summed E-state index contributed by atoms with van der Waals surface area (Å²) in [5.41, 5.74) is 2.13. The topological polar surface area (TPSA) is 18.5 Å². The van der Waals surface area contributed by atoms with Crippen molar-refractivity contribution in [2.75, 3.05) is 13.7 Å². The molecule has 87 valence electrons. The van der Waals surface area contributed by atoms with Crippen LogP contribution in [0.1, 0.15) is 6.92 Å². The highest BCUT2D eigenvalue weighted by molar-refractivity contribution is 5.65. The second kappa shape index (κ2) is 5.39. The van der Waals surface area contributed by atoms with Crippen LogP contribution < -0.4 is 9.47 Å². The van der Waals surface area contributed by atoms with E-state index >= 15 is 0 Å². The molecule has 0 spiro atoms. The Bertz CT molecular complexity index is 475. The highest BCUT2D eigenvalue weighted by atomic mass is 16.5. The van der Waals surface area contributed by atoms with Crippen molar-refractivity contribution >= 4 is 0 Å². The Kier molecular flexibility index (Phi) is 3.66. The summed E-state index contributed by atoms with van der Waals surface area (Å²) in [5.74, 6) is 1.73. The first-order valence-electron chi connectivity index (χ1n) is 5.62. The van der Waals surface area contributed by atoms with Gasteiger partial charge < -0.3 is 9.47 Å². The van der Waals surface area contributed by atoms with E-state index < -0.39 is 0 Å². The molecule has 2 rings (SSSR count). The lowest BCUT2D eigenvalue weighted by Gasteiger charge is -2.06. The standard InChI is InChI=1S/C15H15O2/c1-3-17-15-6-4-5-13(11-15)12-7-9-14(16-2)10-8-12/h4,6-11H,3H2,1-2H3. The monoisotopic (exact) mass is 227 g/mol. The van der Waals surface area contributed by atoms with Gasteiger partial charge in [-0.05, 0) is 48.4 Å². The molecule has 0 fully saturated rings. The molecule has 0 amide bonds. The van der Waals surface area contributed by atoms with Crippen molar-refractivity contribution in [1.29, 1.82) is 0 Å². The van der Waals surface area contributed by atoms with Gasteiger partial charge in [-0.1, -0.05) is 18.2 Å². The number of benzene rings is 2. The molecule has 2 aromatic rings. The van der Waals surface area contributed by atoms with E-state index in [1.807, 2.05) is 49.4 Å². The third kappa shape index (κ3) is 2.78. The van der Waals surface area contributed by atoms with E-state index in [1.165, 1.54) is 0 Å². The first-order valence-corrected chi connectivity index (χ1v) is 5.62. The third-order valence-electron chi connectivity index (χ3n) is 2.49. The van der Waals surface area contributed by atoms with Crippen LogP contribution in [0, 0.1) is 6.07 Å². The van der Waals surface area contributed by atoms with Gasteiger partial charge in [-0.2, -0.15) is 0 Å². The van der Waals surface area contributed by atoms with Crippen LogP contribution in [-0.2, 0) is 0 Å². The van der Waals surface area contributed by atoms with Gasteiger partial charge >= 0.3 is 0 Å². The Labute approximate surface area is 102 Å². The molecule has 0 atom stereocenters. The van der Waals surface area contributed by atoms with E-state index in [0.29, 0.717) is 6.61 Å². The second-order valence-electron chi connectivity index (χ2n) is 3.60. The molecule has 2 aromatic carbocycles. The van der Waals surface area contributed by atoms with Gasteiger partial charge in [0.05, 0.1) is 13.7 Å². The number of rotatable bonds is 4. The van der Waals surface area contributed by atoms with Gasteiger partial charge in [0.15, 0.2) is 0 Å². The van der Waals surface area contributed by atoms with Crippen LogP contribution >= 0.6 is 0 Å². The minimum Gasteiger partial charge on any atom is -0.497 e. The number of hydrogen-bond acceptors (Lipinski definition) is 2. The van der Waals surface area contributed by atoms with Crippen molar-refractivity contribution in [3.8, 4) is 22.6 Å². The van der Waals surface area contributed by atoms with Crippen molar-refractivity contribution in [2.24, 2.45) is 0 Å². The Morgan fingerprint density at radius 3 is 2.47 bits per heavy atom. The van der Waals surface area contributed by atoms with Crippen molar-refractivity contribution in [3.63, 3.8) is 0 Å². The maximum Gasteiger partial charge on any atom is 0.119 e. The predicted molar refractivity (Wildman–Crippen MR) is 68.4 cm³/mol. The quantitative estimate of drug-likeness (QED) is 0.795. The Balaban J connectivity index is 2.28. The number of methoxy groups -OCH3 is 1. The van der Waals surface area contributed by atoms with E-state index in [1.54, 1.807) is 7.11 Å². The molecular formula is C15H15O2. The van der Waals surface area contributed by atoms with Crippen molar-refractivity contribution in [1.82, 2.24) is 0 Å². The normalized spacial score (nSPS) is 10.0. The summed E-state index contributed by atoms with van der Waals surface area (Å²) >= 11 is 0. The Morgan fingerprint density at radius 2 is 1.82 bits per heavy atom. The maximum atomic E-state index is 5.47. The van der Waals surface area contributed by atoms with Crippen LogP contribution in [0.2, 0.25) is 0 Å². The smallest absolute Gasteiger partial charge is 0.119 e. The predicted octanol–water partition coefficient (Wildman–Crippen LogP) is 3.56. The first-order chi connectivity index (χ1) is 8.33. The maximum absolute atomic E-state index is 5.47. The van der Waals surface area contributed by atoms with Crippen molar-refractivity contribution < 1.29 is 9.47 Å². The molecule has 1 radical (unpaired) electrons. The van der Waals surface area contributed by atoms with Crippen LogP contribution in [0.25, 0.3) is 11.1 Å². The van der Waals surface area contributed by atoms with Crippen molar-refractivity contribution in [3.05, 3.63) is 48.5 Å². The SMILES string of the molecule is CCOc1cc[c]c(-c2ccc(OC)cc2)c1. The number of hydrogen-bond donors (Lipinski definition) is 0. The minimum atomic E-state index is 0.673. The molecule has 0 heterocycles. The molecule has 0 bridgehead atoms. The van der Waals surface area contributed by atoms with Gasteiger partial charge in [0, 0.05) is 0 Å². The summed E-state index contributed by atoms with van der Waals surface area (Å²) in [5, 5.41) is 0. The van der Waals surface area contributed by atoms with Gasteiger partial charge in [-0.15, -0.1) is 0 Å². The van der Waals surface area contributed by atoms with Crippen molar-refractivity contribution in [2.45, 2.75) is 6.92 Å². The Morgan fingerprint density at radius 1 is 1.06 bits per heavy atom. The molecule has 0 aliphatic heterocycles. The molecule has 0 aliphatic carbocycles. The molecule has 0 N–H and O–H groups in total. The van der Waals surface area contributed by atoms with E-state index in [-0.39, 0.29) is 0 Å². The minimum absolute atomic E-state index is 0.673. The van der Waals surface area contributed by atoms with Crippen LogP contribution in [0.3, 0.4) is 0 Å². The van der Waals surface area contributed by atoms with Gasteiger partial charge in [0.25, 0.3) is 0 Å². The Hall–Kier alpha value is -1.96. The lowest BCUT2D eigenvalue weighted by Crippen LogP contribution is -1.91. The van der Waals surface area contributed by atoms with E-state index in [9.17, 15) is 0 Å². The average molecular weight is 227 g/mol. The molecule has 0 saturated carbocycles. The third-order valence-corrected chi connectivity index (χ3v) is 2.49. The fourth-order valence-electron chi connectivity index (χ4n) is 1.64. The summed E-state index contributed by atoms with van der Waals surface area (Å²) in [4.78, 5) is 0. The zero-order chi connectivity index (χ0) is 12.1. The fourth-order valence-corrected chi connectivity index (χ4v) is 1.64. The molecule has 2 nitrogen and oxygen atoms in total. The highest BCUT2D eigenvalue weighted by Gasteiger charge is 2.00. The molecule has 2 heteroatoms. The average Bonchev–Trinajstić information content (AvgIpc) is 2.40. The molecule has 0 aliphatic rings. The molecule has 0 aromatic heterocycles. The van der Waals surface area contributed by atoms with Gasteiger partial charge in [-0.3, -0.25) is 0 Å². The van der Waals surface area contributed by atoms with Gasteiger partial charge in [0.1, 0.15) is 11.5 Å². The second-order valence-corrected chi connectivity index (χ2v) is 3.60. The van der Waals surface area contributed by atoms with E-state index in [4.69, 9.17) is 9.47 Å². The van der Waals surface area contributed by atoms with Crippen LogP contribution in [0.4, 0.5) is 0 Å². The lowest BCUT2D eigenvalue weighted by molar-refractivity contribution is 0.340. The molecular weight excluding hydrogens is 212 g/mol. The molecule has 0 saturated heterocycles. The van der Waals surface area contributed by atoms with Crippen LogP contribution in [0.15, 0.2) is 42.5 Å². The van der Waals surface area contributed by atoms with Crippen LogP contribution in [-0.4, -0.2) is 13.7 Å². The summed E-state index contributed by atoms with van der Waals surface area (Å²) in [6, 6.07) is 16.9. The fraction of sp³-hybridized carbons (Fsp3) is 0.200. The van der Waals surface area contributed by atoms with Gasteiger partial charge in [0.2, 0.25) is 0 Å². The zero-order valence-electron chi connectivity index (χ0n) is 10.1. The van der Waals surface area contributed by atoms with E-state index in [2.05, 4.69) is 6.07 Å². The first kappa shape index (κ1) is 11.5. The molecule has 17 heavy (non-hydrogen) atoms. The largest absolute Gasteiger partial charge is 0.497 e. The summed E-state index contributed by atoms with van der Waals surface area (Å²) in [7, 11) is 1.66. The van der Waals surface area contributed by atoms with E-state index in [0.717, 1.165) is 22.6 Å². The summed E-state index contributed by atoms with van der Waals surface area (Å²) in [6.07, 6.45) is 0. The van der Waals surface area contributed by atoms with Gasteiger partial charge in [-0.25, -0.2) is 0 Å².